The highest BCUT2D eigenvalue weighted by molar-refractivity contribution is 5.71. The molecule has 0 aliphatic heterocycles. The molecule has 0 bridgehead atoms. The maximum atomic E-state index is 5.84. The van der Waals surface area contributed by atoms with E-state index in [1.54, 1.807) is 11.8 Å². The predicted octanol–water partition coefficient (Wildman–Crippen LogP) is 2.17. The average Bonchev–Trinajstić information content (AvgIpc) is 2.94. The highest BCUT2D eigenvalue weighted by Gasteiger charge is 2.17. The molecule has 2 aromatic rings. The van der Waals surface area contributed by atoms with Crippen LogP contribution >= 0.6 is 0 Å². The highest BCUT2D eigenvalue weighted by Crippen LogP contribution is 2.36. The number of ether oxygens (including phenoxy) is 1. The van der Waals surface area contributed by atoms with Crippen LogP contribution in [0, 0.1) is 0 Å². The van der Waals surface area contributed by atoms with E-state index in [0.29, 0.717) is 5.82 Å². The maximum Gasteiger partial charge on any atom is 0.128 e. The third-order valence-corrected chi connectivity index (χ3v) is 3.61. The lowest BCUT2D eigenvalue weighted by molar-refractivity contribution is 0.416. The van der Waals surface area contributed by atoms with Crippen LogP contribution in [-0.4, -0.2) is 16.9 Å². The zero-order valence-electron chi connectivity index (χ0n) is 10.7. The van der Waals surface area contributed by atoms with Gasteiger partial charge >= 0.3 is 0 Å². The number of methoxy groups -OCH3 is 1. The number of fused-ring (bicyclic) bond motifs is 1. The van der Waals surface area contributed by atoms with Crippen LogP contribution in [0.5, 0.6) is 5.75 Å². The van der Waals surface area contributed by atoms with Crippen LogP contribution in [0.1, 0.15) is 17.5 Å². The molecular weight excluding hydrogens is 226 g/mol. The summed E-state index contributed by atoms with van der Waals surface area (Å²) >= 11 is 0. The molecular formula is C14H17N3O. The second-order valence-corrected chi connectivity index (χ2v) is 4.75. The van der Waals surface area contributed by atoms with Crippen molar-refractivity contribution in [3.8, 4) is 17.0 Å². The highest BCUT2D eigenvalue weighted by atomic mass is 16.5. The van der Waals surface area contributed by atoms with Gasteiger partial charge in [-0.1, -0.05) is 0 Å². The summed E-state index contributed by atoms with van der Waals surface area (Å²) in [5.74, 6) is 1.54. The van der Waals surface area contributed by atoms with Crippen molar-refractivity contribution in [3.05, 3.63) is 29.3 Å². The fourth-order valence-corrected chi connectivity index (χ4v) is 2.58. The first kappa shape index (κ1) is 11.1. The molecule has 0 amide bonds. The Morgan fingerprint density at radius 3 is 2.56 bits per heavy atom. The van der Waals surface area contributed by atoms with Crippen LogP contribution in [-0.2, 0) is 19.9 Å². The van der Waals surface area contributed by atoms with Gasteiger partial charge in [-0.05, 0) is 42.5 Å². The number of nitrogens with two attached hydrogens (primary N) is 1. The van der Waals surface area contributed by atoms with Crippen molar-refractivity contribution < 1.29 is 4.74 Å². The quantitative estimate of drug-likeness (QED) is 0.879. The second kappa shape index (κ2) is 4.05. The smallest absolute Gasteiger partial charge is 0.128 e. The molecule has 0 atom stereocenters. The van der Waals surface area contributed by atoms with E-state index in [4.69, 9.17) is 10.5 Å². The summed E-state index contributed by atoms with van der Waals surface area (Å²) in [6.07, 6.45) is 3.53. The van der Waals surface area contributed by atoms with Crippen molar-refractivity contribution in [2.75, 3.05) is 12.8 Å². The maximum absolute atomic E-state index is 5.84. The normalized spacial score (nSPS) is 13.7. The van der Waals surface area contributed by atoms with Gasteiger partial charge in [0.1, 0.15) is 11.6 Å². The fraction of sp³-hybridized carbons (Fsp3) is 0.357. The van der Waals surface area contributed by atoms with E-state index in [1.165, 1.54) is 17.5 Å². The van der Waals surface area contributed by atoms with E-state index < -0.39 is 0 Å². The van der Waals surface area contributed by atoms with Crippen molar-refractivity contribution in [2.45, 2.75) is 19.3 Å². The molecule has 1 heterocycles. The SMILES string of the molecule is COc1cc2c(cc1-c1cc(N)n(C)n1)CCC2. The lowest BCUT2D eigenvalue weighted by atomic mass is 10.0. The zero-order chi connectivity index (χ0) is 12.7. The van der Waals surface area contributed by atoms with Gasteiger partial charge in [-0.15, -0.1) is 0 Å². The van der Waals surface area contributed by atoms with E-state index in [-0.39, 0.29) is 0 Å². The molecule has 2 N–H and O–H groups in total. The summed E-state index contributed by atoms with van der Waals surface area (Å²) in [5, 5.41) is 4.43. The summed E-state index contributed by atoms with van der Waals surface area (Å²) in [6, 6.07) is 6.23. The van der Waals surface area contributed by atoms with Crippen LogP contribution in [0.25, 0.3) is 11.3 Å². The Balaban J connectivity index is 2.16. The molecule has 0 unspecified atom stereocenters. The first-order valence-corrected chi connectivity index (χ1v) is 6.18. The number of benzene rings is 1. The molecule has 3 rings (SSSR count). The van der Waals surface area contributed by atoms with E-state index in [9.17, 15) is 0 Å². The summed E-state index contributed by atoms with van der Waals surface area (Å²) in [7, 11) is 3.55. The number of aryl methyl sites for hydroxylation is 3. The third kappa shape index (κ3) is 1.65. The number of rotatable bonds is 2. The van der Waals surface area contributed by atoms with E-state index in [2.05, 4.69) is 17.2 Å². The first-order chi connectivity index (χ1) is 8.69. The third-order valence-electron chi connectivity index (χ3n) is 3.61. The number of anilines is 1. The first-order valence-electron chi connectivity index (χ1n) is 6.18. The van der Waals surface area contributed by atoms with Gasteiger partial charge in [-0.2, -0.15) is 5.10 Å². The van der Waals surface area contributed by atoms with E-state index >= 15 is 0 Å². The molecule has 1 aromatic carbocycles. The summed E-state index contributed by atoms with van der Waals surface area (Å²) in [6.45, 7) is 0. The number of aromatic nitrogens is 2. The molecule has 1 aliphatic carbocycles. The molecule has 4 nitrogen and oxygen atoms in total. The Morgan fingerprint density at radius 2 is 1.94 bits per heavy atom. The number of nitrogen functional groups attached to an aromatic ring is 1. The Hall–Kier alpha value is -1.97. The van der Waals surface area contributed by atoms with Crippen LogP contribution in [0.2, 0.25) is 0 Å². The van der Waals surface area contributed by atoms with Gasteiger partial charge in [0.25, 0.3) is 0 Å². The molecule has 1 aliphatic rings. The van der Waals surface area contributed by atoms with Gasteiger partial charge in [-0.25, -0.2) is 0 Å². The second-order valence-electron chi connectivity index (χ2n) is 4.75. The minimum atomic E-state index is 0.660. The zero-order valence-corrected chi connectivity index (χ0v) is 10.7. The van der Waals surface area contributed by atoms with Gasteiger partial charge < -0.3 is 10.5 Å². The summed E-state index contributed by atoms with van der Waals surface area (Å²) in [4.78, 5) is 0. The lowest BCUT2D eigenvalue weighted by Crippen LogP contribution is -1.97. The van der Waals surface area contributed by atoms with Gasteiger partial charge in [0.05, 0.1) is 12.8 Å². The summed E-state index contributed by atoms with van der Waals surface area (Å²) < 4.78 is 7.17. The van der Waals surface area contributed by atoms with E-state index in [0.717, 1.165) is 29.8 Å². The van der Waals surface area contributed by atoms with Crippen molar-refractivity contribution in [3.63, 3.8) is 0 Å². The molecule has 0 fully saturated rings. The molecule has 0 radical (unpaired) electrons. The minimum absolute atomic E-state index is 0.660. The van der Waals surface area contributed by atoms with Gasteiger partial charge in [0.2, 0.25) is 0 Å². The Morgan fingerprint density at radius 1 is 1.22 bits per heavy atom. The molecule has 0 saturated carbocycles. The number of nitrogens with zero attached hydrogens (tertiary/aromatic N) is 2. The Bertz CT molecular complexity index is 582. The molecule has 1 aromatic heterocycles. The number of hydrogen-bond donors (Lipinski definition) is 1. The van der Waals surface area contributed by atoms with Gasteiger partial charge in [-0.3, -0.25) is 4.68 Å². The Kier molecular flexibility index (Phi) is 2.51. The molecule has 18 heavy (non-hydrogen) atoms. The van der Waals surface area contributed by atoms with Crippen molar-refractivity contribution in [2.24, 2.45) is 7.05 Å². The average molecular weight is 243 g/mol. The van der Waals surface area contributed by atoms with Crippen LogP contribution in [0.4, 0.5) is 5.82 Å². The molecule has 0 spiro atoms. The summed E-state index contributed by atoms with van der Waals surface area (Å²) in [5.41, 5.74) is 10.6. The molecule has 94 valence electrons. The van der Waals surface area contributed by atoms with Crippen LogP contribution in [0.3, 0.4) is 0 Å². The van der Waals surface area contributed by atoms with Crippen molar-refractivity contribution in [1.29, 1.82) is 0 Å². The topological polar surface area (TPSA) is 53.1 Å². The van der Waals surface area contributed by atoms with Crippen molar-refractivity contribution in [1.82, 2.24) is 9.78 Å². The Labute approximate surface area is 106 Å². The van der Waals surface area contributed by atoms with Crippen molar-refractivity contribution >= 4 is 5.82 Å². The monoisotopic (exact) mass is 243 g/mol. The minimum Gasteiger partial charge on any atom is -0.496 e. The largest absolute Gasteiger partial charge is 0.496 e. The molecule has 0 saturated heterocycles. The van der Waals surface area contributed by atoms with Crippen LogP contribution in [0.15, 0.2) is 18.2 Å². The van der Waals surface area contributed by atoms with Gasteiger partial charge in [0, 0.05) is 18.7 Å². The lowest BCUT2D eigenvalue weighted by Gasteiger charge is -2.09. The fourth-order valence-electron chi connectivity index (χ4n) is 2.58. The molecule has 4 heteroatoms. The standard InChI is InChI=1S/C14H17N3O/c1-17-14(15)8-12(16-17)11-6-9-4-3-5-10(9)7-13(11)18-2/h6-8H,3-5,15H2,1-2H3. The van der Waals surface area contributed by atoms with Crippen LogP contribution < -0.4 is 10.5 Å². The number of hydrogen-bond acceptors (Lipinski definition) is 3. The predicted molar refractivity (Wildman–Crippen MR) is 71.6 cm³/mol. The van der Waals surface area contributed by atoms with Gasteiger partial charge in [0.15, 0.2) is 0 Å². The van der Waals surface area contributed by atoms with E-state index in [1.807, 2.05) is 13.1 Å².